The molecule has 2 aliphatic rings. The number of ether oxygens (including phenoxy) is 9. The number of esters is 1. The van der Waals surface area contributed by atoms with Gasteiger partial charge in [0.25, 0.3) is 0 Å². The topological polar surface area (TPSA) is 120 Å². The number of rotatable bonds is 19. The highest BCUT2D eigenvalue weighted by molar-refractivity contribution is 5.75. The third-order valence-electron chi connectivity index (χ3n) is 9.86. The third-order valence-corrected chi connectivity index (χ3v) is 9.86. The summed E-state index contributed by atoms with van der Waals surface area (Å²) >= 11 is 0. The molecule has 0 amide bonds. The van der Waals surface area contributed by atoms with Gasteiger partial charge in [0.05, 0.1) is 45.1 Å². The average molecular weight is 799 g/mol. The molecule has 8 atom stereocenters. The molecule has 4 aromatic rings. The summed E-state index contributed by atoms with van der Waals surface area (Å²) in [5.41, 5.74) is 3.22. The molecule has 1 N–H and O–H groups in total. The van der Waals surface area contributed by atoms with Crippen molar-refractivity contribution in [1.82, 2.24) is 0 Å². The number of hydrogen-bond donors (Lipinski definition) is 1. The molecule has 312 valence electrons. The van der Waals surface area contributed by atoms with E-state index >= 15 is 0 Å². The highest BCUT2D eigenvalue weighted by Gasteiger charge is 2.51. The van der Waals surface area contributed by atoms with Crippen LogP contribution < -0.4 is 0 Å². The maximum atomic E-state index is 12.6. The molecule has 0 aromatic heterocycles. The van der Waals surface area contributed by atoms with Gasteiger partial charge < -0.3 is 47.7 Å². The van der Waals surface area contributed by atoms with Crippen LogP contribution in [0.5, 0.6) is 0 Å². The standard InChI is InChI=1S/C47H58O11/c1-46(2,3)45(49)55-32-39-40(58-47(4,5)57-39)37(48)30-54-44-43(53-29-36-24-16-9-17-25-36)42(52-28-35-22-14-8-15-23-35)41(51-27-34-20-12-7-13-21-34)38(56-44)31-50-26-33-18-10-6-11-19-33/h6-25,37-44,48H,26-32H2,1-5H3/t37-,38-,39-,40+,41+,42+,43-,44+/m1/s1. The van der Waals surface area contributed by atoms with Crippen molar-refractivity contribution in [3.63, 3.8) is 0 Å². The quantitative estimate of drug-likeness (QED) is 0.0973. The first-order valence-electron chi connectivity index (χ1n) is 20.0. The lowest BCUT2D eigenvalue weighted by Gasteiger charge is -2.46. The third kappa shape index (κ3) is 12.7. The van der Waals surface area contributed by atoms with Gasteiger partial charge in [0, 0.05) is 0 Å². The van der Waals surface area contributed by atoms with E-state index in [9.17, 15) is 9.90 Å². The van der Waals surface area contributed by atoms with Crippen LogP contribution in [-0.2, 0) is 73.9 Å². The van der Waals surface area contributed by atoms with Crippen molar-refractivity contribution in [2.24, 2.45) is 5.41 Å². The van der Waals surface area contributed by atoms with Gasteiger partial charge in [0.2, 0.25) is 0 Å². The number of hydrogen-bond acceptors (Lipinski definition) is 11. The van der Waals surface area contributed by atoms with E-state index in [-0.39, 0.29) is 39.0 Å². The van der Waals surface area contributed by atoms with Crippen LogP contribution in [-0.4, -0.2) is 85.7 Å². The van der Waals surface area contributed by atoms with Crippen molar-refractivity contribution in [3.05, 3.63) is 144 Å². The summed E-state index contributed by atoms with van der Waals surface area (Å²) in [5, 5.41) is 11.7. The van der Waals surface area contributed by atoms with Crippen LogP contribution in [0.25, 0.3) is 0 Å². The van der Waals surface area contributed by atoms with E-state index in [4.69, 9.17) is 42.6 Å². The zero-order chi connectivity index (χ0) is 41.0. The molecule has 0 aliphatic carbocycles. The minimum absolute atomic E-state index is 0.0966. The Morgan fingerprint density at radius 1 is 0.621 bits per heavy atom. The molecule has 2 aliphatic heterocycles. The van der Waals surface area contributed by atoms with Gasteiger partial charge in [-0.05, 0) is 56.9 Å². The molecular weight excluding hydrogens is 741 g/mol. The molecule has 58 heavy (non-hydrogen) atoms. The molecule has 4 aromatic carbocycles. The second-order valence-electron chi connectivity index (χ2n) is 16.2. The van der Waals surface area contributed by atoms with Crippen molar-refractivity contribution in [2.45, 2.75) is 116 Å². The number of benzene rings is 4. The maximum Gasteiger partial charge on any atom is 0.311 e. The molecule has 0 radical (unpaired) electrons. The van der Waals surface area contributed by atoms with Crippen LogP contribution in [0.3, 0.4) is 0 Å². The predicted octanol–water partition coefficient (Wildman–Crippen LogP) is 7.17. The molecule has 2 saturated heterocycles. The van der Waals surface area contributed by atoms with Crippen LogP contribution in [0.2, 0.25) is 0 Å². The molecule has 2 heterocycles. The largest absolute Gasteiger partial charge is 0.462 e. The number of aliphatic hydroxyl groups is 1. The average Bonchev–Trinajstić information content (AvgIpc) is 3.55. The van der Waals surface area contributed by atoms with Gasteiger partial charge >= 0.3 is 5.97 Å². The van der Waals surface area contributed by atoms with Crippen LogP contribution in [0.4, 0.5) is 0 Å². The van der Waals surface area contributed by atoms with E-state index in [2.05, 4.69) is 0 Å². The van der Waals surface area contributed by atoms with Crippen molar-refractivity contribution in [3.8, 4) is 0 Å². The van der Waals surface area contributed by atoms with Gasteiger partial charge in [-0.25, -0.2) is 0 Å². The molecule has 0 spiro atoms. The molecule has 0 saturated carbocycles. The second kappa shape index (κ2) is 20.8. The van der Waals surface area contributed by atoms with E-state index < -0.39 is 60.2 Å². The van der Waals surface area contributed by atoms with Crippen molar-refractivity contribution in [1.29, 1.82) is 0 Å². The van der Waals surface area contributed by atoms with Crippen molar-refractivity contribution in [2.75, 3.05) is 19.8 Å². The summed E-state index contributed by atoms with van der Waals surface area (Å²) < 4.78 is 57.7. The summed E-state index contributed by atoms with van der Waals surface area (Å²) in [6.07, 6.45) is -6.68. The fourth-order valence-corrected chi connectivity index (χ4v) is 6.86. The lowest BCUT2D eigenvalue weighted by molar-refractivity contribution is -0.332. The Morgan fingerprint density at radius 2 is 1.09 bits per heavy atom. The second-order valence-corrected chi connectivity index (χ2v) is 16.2. The molecule has 0 bridgehead atoms. The molecule has 0 unspecified atom stereocenters. The van der Waals surface area contributed by atoms with E-state index in [1.54, 1.807) is 34.6 Å². The highest BCUT2D eigenvalue weighted by atomic mass is 16.8. The molecule has 2 fully saturated rings. The van der Waals surface area contributed by atoms with E-state index in [1.165, 1.54) is 0 Å². The first-order chi connectivity index (χ1) is 27.9. The number of carbonyl (C=O) groups is 1. The van der Waals surface area contributed by atoms with Gasteiger partial charge in [-0.1, -0.05) is 121 Å². The molecular formula is C47H58O11. The van der Waals surface area contributed by atoms with E-state index in [0.29, 0.717) is 13.2 Å². The number of aliphatic hydroxyl groups excluding tert-OH is 1. The summed E-state index contributed by atoms with van der Waals surface area (Å²) in [7, 11) is 0. The van der Waals surface area contributed by atoms with E-state index in [1.807, 2.05) is 121 Å². The SMILES string of the molecule is CC1(C)O[C@@H]([C@H](O)CO[C@H]2O[C@H](COCc3ccccc3)[C@H](OCc3ccccc3)[C@H](OCc3ccccc3)[C@H]2OCc2ccccc2)[C@@H](COC(=O)C(C)(C)C)O1. The fraction of sp³-hybridized carbons (Fsp3) is 0.468. The van der Waals surface area contributed by atoms with Gasteiger partial charge in [0.15, 0.2) is 12.1 Å². The Bertz CT molecular complexity index is 1790. The number of carbonyl (C=O) groups excluding carboxylic acids is 1. The molecule has 11 nitrogen and oxygen atoms in total. The van der Waals surface area contributed by atoms with Crippen LogP contribution in [0, 0.1) is 5.41 Å². The Balaban J connectivity index is 1.27. The lowest BCUT2D eigenvalue weighted by atomic mass is 9.97. The normalized spacial score (nSPS) is 25.0. The van der Waals surface area contributed by atoms with E-state index in [0.717, 1.165) is 22.3 Å². The monoisotopic (exact) mass is 798 g/mol. The zero-order valence-electron chi connectivity index (χ0n) is 34.1. The summed E-state index contributed by atoms with van der Waals surface area (Å²) in [5.74, 6) is -1.42. The first kappa shape index (κ1) is 43.6. The first-order valence-corrected chi connectivity index (χ1v) is 20.0. The van der Waals surface area contributed by atoms with Gasteiger partial charge in [-0.3, -0.25) is 4.79 Å². The Hall–Kier alpha value is -4.01. The predicted molar refractivity (Wildman–Crippen MR) is 216 cm³/mol. The summed E-state index contributed by atoms with van der Waals surface area (Å²) in [6, 6.07) is 39.6. The minimum atomic E-state index is -1.19. The van der Waals surface area contributed by atoms with Crippen LogP contribution in [0.15, 0.2) is 121 Å². The maximum absolute atomic E-state index is 12.6. The molecule has 6 rings (SSSR count). The van der Waals surface area contributed by atoms with Gasteiger partial charge in [-0.15, -0.1) is 0 Å². The molecule has 11 heteroatoms. The fourth-order valence-electron chi connectivity index (χ4n) is 6.86. The lowest BCUT2D eigenvalue weighted by Crippen LogP contribution is -2.62. The Labute approximate surface area is 342 Å². The smallest absolute Gasteiger partial charge is 0.311 e. The van der Waals surface area contributed by atoms with Crippen LogP contribution in [0.1, 0.15) is 56.9 Å². The van der Waals surface area contributed by atoms with Gasteiger partial charge in [-0.2, -0.15) is 0 Å². The Kier molecular flexibility index (Phi) is 15.6. The zero-order valence-corrected chi connectivity index (χ0v) is 34.1. The van der Waals surface area contributed by atoms with Crippen molar-refractivity contribution < 1.29 is 52.5 Å². The summed E-state index contributed by atoms with van der Waals surface area (Å²) in [6.45, 7) is 9.83. The van der Waals surface area contributed by atoms with Crippen molar-refractivity contribution >= 4 is 5.97 Å². The summed E-state index contributed by atoms with van der Waals surface area (Å²) in [4.78, 5) is 12.6. The Morgan fingerprint density at radius 3 is 1.59 bits per heavy atom. The highest BCUT2D eigenvalue weighted by Crippen LogP contribution is 2.34. The van der Waals surface area contributed by atoms with Crippen LogP contribution >= 0.6 is 0 Å². The minimum Gasteiger partial charge on any atom is -0.462 e. The van der Waals surface area contributed by atoms with Gasteiger partial charge in [0.1, 0.15) is 49.3 Å².